The number of halogens is 2. The summed E-state index contributed by atoms with van der Waals surface area (Å²) in [5.41, 5.74) is 0.637. The van der Waals surface area contributed by atoms with E-state index in [9.17, 15) is 19.2 Å². The second kappa shape index (κ2) is 7.41. The van der Waals surface area contributed by atoms with Crippen molar-refractivity contribution >= 4 is 47.0 Å². The van der Waals surface area contributed by atoms with Gasteiger partial charge < -0.3 is 5.32 Å². The fourth-order valence-corrected chi connectivity index (χ4v) is 3.05. The summed E-state index contributed by atoms with van der Waals surface area (Å²) >= 11 is 11.9. The van der Waals surface area contributed by atoms with Crippen molar-refractivity contribution in [2.24, 2.45) is 0 Å². The standard InChI is InChI=1S/C16H17Cl2N3O4/c1-8(2)21-15(24)14(23)20(16(21)25)7-13(22)19-9(3)11-5-4-10(17)6-12(11)18/h4-6,8-9H,7H2,1-3H3,(H,19,22)/t9-/m0/s1. The highest BCUT2D eigenvalue weighted by Crippen LogP contribution is 2.26. The Kier molecular flexibility index (Phi) is 5.69. The van der Waals surface area contributed by atoms with Gasteiger partial charge in [0, 0.05) is 16.1 Å². The van der Waals surface area contributed by atoms with Gasteiger partial charge >= 0.3 is 17.8 Å². The summed E-state index contributed by atoms with van der Waals surface area (Å²) in [6.45, 7) is 4.38. The first-order valence-electron chi connectivity index (χ1n) is 7.56. The molecule has 0 spiro atoms. The molecule has 1 N–H and O–H groups in total. The number of amides is 5. The zero-order valence-electron chi connectivity index (χ0n) is 13.9. The fourth-order valence-electron chi connectivity index (χ4n) is 2.48. The van der Waals surface area contributed by atoms with Crippen LogP contribution in [0.5, 0.6) is 0 Å². The maximum atomic E-state index is 12.2. The predicted molar refractivity (Wildman–Crippen MR) is 92.1 cm³/mol. The third-order valence-corrected chi connectivity index (χ3v) is 4.27. The van der Waals surface area contributed by atoms with E-state index in [1.807, 2.05) is 0 Å². The minimum absolute atomic E-state index is 0.384. The van der Waals surface area contributed by atoms with Gasteiger partial charge in [-0.05, 0) is 38.5 Å². The average Bonchev–Trinajstić information content (AvgIpc) is 2.70. The smallest absolute Gasteiger partial charge is 0.334 e. The van der Waals surface area contributed by atoms with Gasteiger partial charge in [-0.1, -0.05) is 29.3 Å². The summed E-state index contributed by atoms with van der Waals surface area (Å²) in [6, 6.07) is 3.13. The molecule has 0 radical (unpaired) electrons. The van der Waals surface area contributed by atoms with Crippen LogP contribution in [0.4, 0.5) is 4.79 Å². The molecule has 0 unspecified atom stereocenters. The summed E-state index contributed by atoms with van der Waals surface area (Å²) < 4.78 is 0. The largest absolute Gasteiger partial charge is 0.348 e. The number of rotatable bonds is 5. The molecule has 2 rings (SSSR count). The van der Waals surface area contributed by atoms with Crippen molar-refractivity contribution in [2.75, 3.05) is 6.54 Å². The van der Waals surface area contributed by atoms with Crippen molar-refractivity contribution in [2.45, 2.75) is 32.9 Å². The maximum Gasteiger partial charge on any atom is 0.334 e. The molecule has 0 bridgehead atoms. The molecule has 1 saturated heterocycles. The molecular formula is C16H17Cl2N3O4. The van der Waals surface area contributed by atoms with Gasteiger partial charge in [-0.2, -0.15) is 0 Å². The van der Waals surface area contributed by atoms with Crippen molar-refractivity contribution in [3.63, 3.8) is 0 Å². The number of nitrogens with zero attached hydrogens (tertiary/aromatic N) is 2. The second-order valence-corrected chi connectivity index (χ2v) is 6.74. The van der Waals surface area contributed by atoms with E-state index in [1.165, 1.54) is 0 Å². The summed E-state index contributed by atoms with van der Waals surface area (Å²) in [5, 5.41) is 3.49. The van der Waals surface area contributed by atoms with Crippen molar-refractivity contribution < 1.29 is 19.2 Å². The SMILES string of the molecule is CC(C)N1C(=O)C(=O)N(CC(=O)N[C@@H](C)c2ccc(Cl)cc2Cl)C1=O. The zero-order valence-corrected chi connectivity index (χ0v) is 15.4. The van der Waals surface area contributed by atoms with Gasteiger partial charge in [0.2, 0.25) is 5.91 Å². The van der Waals surface area contributed by atoms with Gasteiger partial charge in [-0.25, -0.2) is 9.69 Å². The van der Waals surface area contributed by atoms with Gasteiger partial charge in [0.1, 0.15) is 6.54 Å². The zero-order chi connectivity index (χ0) is 18.9. The molecule has 7 nitrogen and oxygen atoms in total. The Balaban J connectivity index is 2.06. The number of carbonyl (C=O) groups excluding carboxylic acids is 4. The van der Waals surface area contributed by atoms with Gasteiger partial charge in [0.25, 0.3) is 0 Å². The fraction of sp³-hybridized carbons (Fsp3) is 0.375. The monoisotopic (exact) mass is 385 g/mol. The first kappa shape index (κ1) is 19.2. The molecule has 1 heterocycles. The van der Waals surface area contributed by atoms with Crippen LogP contribution in [0.1, 0.15) is 32.4 Å². The lowest BCUT2D eigenvalue weighted by molar-refractivity contribution is -0.144. The summed E-state index contributed by atoms with van der Waals surface area (Å²) in [5.74, 6) is -2.52. The Labute approximate surface area is 154 Å². The third-order valence-electron chi connectivity index (χ3n) is 3.71. The highest BCUT2D eigenvalue weighted by Gasteiger charge is 2.46. The van der Waals surface area contributed by atoms with E-state index in [0.29, 0.717) is 20.5 Å². The molecule has 5 amide bonds. The Morgan fingerprint density at radius 2 is 1.76 bits per heavy atom. The highest BCUT2D eigenvalue weighted by molar-refractivity contribution is 6.45. The van der Waals surface area contributed by atoms with Gasteiger partial charge in [-0.15, -0.1) is 0 Å². The number of hydrogen-bond donors (Lipinski definition) is 1. The quantitative estimate of drug-likeness (QED) is 0.622. The topological polar surface area (TPSA) is 86.8 Å². The Bertz CT molecular complexity index is 751. The third kappa shape index (κ3) is 3.93. The van der Waals surface area contributed by atoms with Crippen LogP contribution in [0, 0.1) is 0 Å². The maximum absolute atomic E-state index is 12.2. The van der Waals surface area contributed by atoms with Crippen LogP contribution in [-0.2, 0) is 14.4 Å². The van der Waals surface area contributed by atoms with E-state index in [-0.39, 0.29) is 0 Å². The molecule has 1 aliphatic heterocycles. The van der Waals surface area contributed by atoms with Crippen molar-refractivity contribution in [1.82, 2.24) is 15.1 Å². The molecule has 134 valence electrons. The molecule has 9 heteroatoms. The molecule has 1 aliphatic rings. The van der Waals surface area contributed by atoms with E-state index >= 15 is 0 Å². The number of imide groups is 2. The Morgan fingerprint density at radius 1 is 1.12 bits per heavy atom. The summed E-state index contributed by atoms with van der Waals surface area (Å²) in [7, 11) is 0. The highest BCUT2D eigenvalue weighted by atomic mass is 35.5. The lowest BCUT2D eigenvalue weighted by atomic mass is 10.1. The molecule has 0 aromatic heterocycles. The van der Waals surface area contributed by atoms with Crippen LogP contribution in [0.2, 0.25) is 10.0 Å². The van der Waals surface area contributed by atoms with Crippen LogP contribution in [0.3, 0.4) is 0 Å². The molecule has 25 heavy (non-hydrogen) atoms. The number of carbonyl (C=O) groups is 4. The number of benzene rings is 1. The minimum atomic E-state index is -1.01. The number of nitrogens with one attached hydrogen (secondary N) is 1. The van der Waals surface area contributed by atoms with E-state index in [1.54, 1.807) is 39.0 Å². The van der Waals surface area contributed by atoms with Crippen molar-refractivity contribution in [3.05, 3.63) is 33.8 Å². The lowest BCUT2D eigenvalue weighted by Crippen LogP contribution is -2.43. The second-order valence-electron chi connectivity index (χ2n) is 5.90. The first-order chi connectivity index (χ1) is 11.6. The molecule has 1 aromatic carbocycles. The van der Waals surface area contributed by atoms with Gasteiger partial charge in [0.15, 0.2) is 0 Å². The van der Waals surface area contributed by atoms with E-state index < -0.39 is 42.4 Å². The normalized spacial score (nSPS) is 16.0. The molecule has 0 saturated carbocycles. The average molecular weight is 386 g/mol. The van der Waals surface area contributed by atoms with E-state index in [0.717, 1.165) is 4.90 Å². The van der Waals surface area contributed by atoms with Crippen LogP contribution in [-0.4, -0.2) is 46.1 Å². The van der Waals surface area contributed by atoms with Crippen LogP contribution in [0.25, 0.3) is 0 Å². The van der Waals surface area contributed by atoms with E-state index in [4.69, 9.17) is 23.2 Å². The first-order valence-corrected chi connectivity index (χ1v) is 8.32. The molecular weight excluding hydrogens is 369 g/mol. The predicted octanol–water partition coefficient (Wildman–Crippen LogP) is 2.37. The Hall–Kier alpha value is -2.12. The molecule has 0 aliphatic carbocycles. The lowest BCUT2D eigenvalue weighted by Gasteiger charge is -2.20. The molecule has 1 atom stereocenters. The van der Waals surface area contributed by atoms with Gasteiger partial charge in [-0.3, -0.25) is 19.3 Å². The molecule has 1 aromatic rings. The van der Waals surface area contributed by atoms with Crippen LogP contribution < -0.4 is 5.32 Å². The van der Waals surface area contributed by atoms with Crippen molar-refractivity contribution in [3.8, 4) is 0 Å². The summed E-state index contributed by atoms with van der Waals surface area (Å²) in [4.78, 5) is 49.5. The minimum Gasteiger partial charge on any atom is -0.348 e. The van der Waals surface area contributed by atoms with Crippen LogP contribution >= 0.6 is 23.2 Å². The van der Waals surface area contributed by atoms with Crippen LogP contribution in [0.15, 0.2) is 18.2 Å². The van der Waals surface area contributed by atoms with Crippen molar-refractivity contribution in [1.29, 1.82) is 0 Å². The van der Waals surface area contributed by atoms with Gasteiger partial charge in [0.05, 0.1) is 6.04 Å². The Morgan fingerprint density at radius 3 is 2.28 bits per heavy atom. The number of urea groups is 1. The van der Waals surface area contributed by atoms with E-state index in [2.05, 4.69) is 5.32 Å². The molecule has 1 fully saturated rings. The summed E-state index contributed by atoms with van der Waals surface area (Å²) in [6.07, 6.45) is 0. The number of hydrogen-bond acceptors (Lipinski definition) is 4.